The highest BCUT2D eigenvalue weighted by Gasteiger charge is 2.06. The molecule has 0 bridgehead atoms. The Morgan fingerprint density at radius 2 is 2.00 bits per heavy atom. The maximum atomic E-state index is 10.7. The lowest BCUT2D eigenvalue weighted by Gasteiger charge is -2.17. The van der Waals surface area contributed by atoms with E-state index >= 15 is 0 Å². The lowest BCUT2D eigenvalue weighted by molar-refractivity contribution is 0.0697. The van der Waals surface area contributed by atoms with Crippen molar-refractivity contribution < 1.29 is 15.0 Å². The average Bonchev–Trinajstić information content (AvgIpc) is 2.36. The zero-order chi connectivity index (χ0) is 13.5. The molecular weight excluding hydrogens is 270 g/mol. The van der Waals surface area contributed by atoms with E-state index in [0.717, 1.165) is 5.56 Å². The number of aliphatic hydroxyl groups is 1. The topological polar surface area (TPSA) is 60.8 Å². The van der Waals surface area contributed by atoms with Gasteiger partial charge < -0.3 is 15.1 Å². The van der Waals surface area contributed by atoms with E-state index in [0.29, 0.717) is 16.6 Å². The van der Waals surface area contributed by atoms with Crippen LogP contribution in [0.1, 0.15) is 15.9 Å². The molecule has 1 aromatic rings. The van der Waals surface area contributed by atoms with Gasteiger partial charge in [0.15, 0.2) is 0 Å². The fraction of sp³-hybridized carbons (Fsp3) is 0.333. The maximum Gasteiger partial charge on any atom is 0.335 e. The largest absolute Gasteiger partial charge is 0.478 e. The van der Waals surface area contributed by atoms with Crippen LogP contribution in [-0.2, 0) is 5.75 Å². The second kappa shape index (κ2) is 7.35. The summed E-state index contributed by atoms with van der Waals surface area (Å²) in [6.07, 6.45) is 0. The normalized spacial score (nSPS) is 10.1. The number of carboxylic acid groups (broad SMARTS) is 1. The third-order valence-corrected chi connectivity index (χ3v) is 4.01. The highest BCUT2D eigenvalue weighted by Crippen LogP contribution is 2.16. The van der Waals surface area contributed by atoms with Gasteiger partial charge in [-0.2, -0.15) is 0 Å². The summed E-state index contributed by atoms with van der Waals surface area (Å²) in [6, 6.07) is 6.73. The number of hydrogen-bond acceptors (Lipinski definition) is 4. The molecule has 0 aliphatic rings. The van der Waals surface area contributed by atoms with Crippen LogP contribution in [0.3, 0.4) is 0 Å². The van der Waals surface area contributed by atoms with E-state index in [-0.39, 0.29) is 12.2 Å². The first-order valence-electron chi connectivity index (χ1n) is 5.35. The molecule has 1 rings (SSSR count). The lowest BCUT2D eigenvalue weighted by atomic mass is 10.1. The summed E-state index contributed by atoms with van der Waals surface area (Å²) in [6.45, 7) is 0.592. The third kappa shape index (κ3) is 4.64. The molecule has 0 aromatic heterocycles. The van der Waals surface area contributed by atoms with Crippen molar-refractivity contribution in [1.82, 2.24) is 4.90 Å². The van der Waals surface area contributed by atoms with Gasteiger partial charge in [0.1, 0.15) is 4.32 Å². The molecule has 0 atom stereocenters. The summed E-state index contributed by atoms with van der Waals surface area (Å²) >= 11 is 6.68. The van der Waals surface area contributed by atoms with Gasteiger partial charge in [-0.3, -0.25) is 0 Å². The van der Waals surface area contributed by atoms with Crippen LogP contribution in [0.5, 0.6) is 0 Å². The average molecular weight is 285 g/mol. The molecule has 0 unspecified atom stereocenters. The van der Waals surface area contributed by atoms with Crippen molar-refractivity contribution in [1.29, 1.82) is 0 Å². The van der Waals surface area contributed by atoms with Crippen LogP contribution in [0, 0.1) is 0 Å². The van der Waals surface area contributed by atoms with Crippen LogP contribution in [0.2, 0.25) is 0 Å². The third-order valence-electron chi connectivity index (χ3n) is 2.31. The molecule has 0 spiro atoms. The minimum absolute atomic E-state index is 0.0739. The van der Waals surface area contributed by atoms with Gasteiger partial charge in [0.25, 0.3) is 0 Å². The number of carbonyl (C=O) groups is 1. The van der Waals surface area contributed by atoms with Gasteiger partial charge in [0.05, 0.1) is 12.2 Å². The standard InChI is InChI=1S/C12H15NO3S2/c1-13(6-7-14)12(17)18-8-9-2-4-10(5-3-9)11(15)16/h2-5,14H,6-8H2,1H3,(H,15,16). The molecule has 0 aliphatic carbocycles. The highest BCUT2D eigenvalue weighted by atomic mass is 32.2. The molecule has 0 fully saturated rings. The van der Waals surface area contributed by atoms with E-state index in [2.05, 4.69) is 0 Å². The van der Waals surface area contributed by atoms with E-state index in [1.807, 2.05) is 11.9 Å². The summed E-state index contributed by atoms with van der Waals surface area (Å²) in [4.78, 5) is 12.5. The van der Waals surface area contributed by atoms with Crippen LogP contribution in [0.25, 0.3) is 0 Å². The Labute approximate surface area is 116 Å². The van der Waals surface area contributed by atoms with Crippen LogP contribution >= 0.6 is 24.0 Å². The van der Waals surface area contributed by atoms with Gasteiger partial charge in [-0.15, -0.1) is 0 Å². The van der Waals surface area contributed by atoms with Crippen LogP contribution < -0.4 is 0 Å². The van der Waals surface area contributed by atoms with Crippen molar-refractivity contribution in [3.8, 4) is 0 Å². The van der Waals surface area contributed by atoms with E-state index in [9.17, 15) is 4.79 Å². The molecule has 18 heavy (non-hydrogen) atoms. The predicted octanol–water partition coefficient (Wildman–Crippen LogP) is 1.83. The lowest BCUT2D eigenvalue weighted by Crippen LogP contribution is -2.25. The number of carboxylic acids is 1. The molecule has 0 radical (unpaired) electrons. The van der Waals surface area contributed by atoms with Gasteiger partial charge in [0, 0.05) is 19.3 Å². The second-order valence-electron chi connectivity index (χ2n) is 3.70. The van der Waals surface area contributed by atoms with Crippen molar-refractivity contribution in [2.24, 2.45) is 0 Å². The van der Waals surface area contributed by atoms with Crippen LogP contribution in [0.15, 0.2) is 24.3 Å². The van der Waals surface area contributed by atoms with Gasteiger partial charge in [0.2, 0.25) is 0 Å². The highest BCUT2D eigenvalue weighted by molar-refractivity contribution is 8.22. The summed E-state index contributed by atoms with van der Waals surface area (Å²) in [7, 11) is 1.83. The molecule has 98 valence electrons. The van der Waals surface area contributed by atoms with Crippen molar-refractivity contribution in [2.45, 2.75) is 5.75 Å². The molecular formula is C12H15NO3S2. The monoisotopic (exact) mass is 285 g/mol. The van der Waals surface area contributed by atoms with Crippen molar-refractivity contribution in [2.75, 3.05) is 20.2 Å². The number of rotatable bonds is 5. The van der Waals surface area contributed by atoms with Gasteiger partial charge in [-0.05, 0) is 17.7 Å². The summed E-state index contributed by atoms with van der Waals surface area (Å²) in [5, 5.41) is 17.6. The zero-order valence-corrected chi connectivity index (χ0v) is 11.6. The molecule has 0 heterocycles. The molecule has 0 aliphatic heterocycles. The maximum absolute atomic E-state index is 10.7. The first kappa shape index (κ1) is 14.9. The first-order valence-corrected chi connectivity index (χ1v) is 6.75. The molecule has 0 saturated carbocycles. The number of benzene rings is 1. The smallest absolute Gasteiger partial charge is 0.335 e. The Morgan fingerprint density at radius 1 is 1.39 bits per heavy atom. The Kier molecular flexibility index (Phi) is 6.11. The fourth-order valence-electron chi connectivity index (χ4n) is 1.24. The number of hydrogen-bond donors (Lipinski definition) is 2. The van der Waals surface area contributed by atoms with E-state index in [1.165, 1.54) is 11.8 Å². The first-order chi connectivity index (χ1) is 8.54. The molecule has 0 saturated heterocycles. The van der Waals surface area contributed by atoms with E-state index < -0.39 is 5.97 Å². The molecule has 6 heteroatoms. The Bertz CT molecular complexity index is 420. The minimum atomic E-state index is -0.924. The minimum Gasteiger partial charge on any atom is -0.478 e. The molecule has 0 amide bonds. The number of thiocarbonyl (C=S) groups is 1. The quantitative estimate of drug-likeness (QED) is 0.805. The van der Waals surface area contributed by atoms with Gasteiger partial charge in [-0.25, -0.2) is 4.79 Å². The number of nitrogens with zero attached hydrogens (tertiary/aromatic N) is 1. The van der Waals surface area contributed by atoms with Crippen molar-refractivity contribution in [3.63, 3.8) is 0 Å². The fourth-order valence-corrected chi connectivity index (χ4v) is 2.30. The van der Waals surface area contributed by atoms with E-state index in [1.54, 1.807) is 24.3 Å². The Balaban J connectivity index is 2.48. The second-order valence-corrected chi connectivity index (χ2v) is 5.31. The van der Waals surface area contributed by atoms with Gasteiger partial charge in [-0.1, -0.05) is 36.1 Å². The van der Waals surface area contributed by atoms with Crippen LogP contribution in [0.4, 0.5) is 0 Å². The predicted molar refractivity (Wildman–Crippen MR) is 77.0 cm³/mol. The van der Waals surface area contributed by atoms with E-state index in [4.69, 9.17) is 22.4 Å². The number of thioether (sulfide) groups is 1. The molecule has 1 aromatic carbocycles. The summed E-state index contributed by atoms with van der Waals surface area (Å²) in [5.74, 6) is -0.235. The van der Waals surface area contributed by atoms with Crippen molar-refractivity contribution in [3.05, 3.63) is 35.4 Å². The summed E-state index contributed by atoms with van der Waals surface area (Å²) in [5.41, 5.74) is 1.30. The van der Waals surface area contributed by atoms with Gasteiger partial charge >= 0.3 is 5.97 Å². The Hall–Kier alpha value is -1.11. The SMILES string of the molecule is CN(CCO)C(=S)SCc1ccc(C(=O)O)cc1. The number of likely N-dealkylation sites (N-methyl/N-ethyl adjacent to an activating group) is 1. The number of aliphatic hydroxyl groups excluding tert-OH is 1. The van der Waals surface area contributed by atoms with Crippen molar-refractivity contribution >= 4 is 34.3 Å². The molecule has 4 nitrogen and oxygen atoms in total. The number of aromatic carboxylic acids is 1. The Morgan fingerprint density at radius 3 is 2.50 bits per heavy atom. The summed E-state index contributed by atoms with van der Waals surface area (Å²) < 4.78 is 0.714. The molecule has 2 N–H and O–H groups in total. The van der Waals surface area contributed by atoms with Crippen LogP contribution in [-0.4, -0.2) is 45.6 Å². The zero-order valence-electron chi connectivity index (χ0n) is 10.00.